The van der Waals surface area contributed by atoms with Crippen molar-refractivity contribution in [1.82, 2.24) is 19.4 Å². The molecule has 3 aromatic rings. The number of aromatic nitrogens is 4. The zero-order valence-corrected chi connectivity index (χ0v) is 9.40. The van der Waals surface area contributed by atoms with E-state index >= 15 is 0 Å². The van der Waals surface area contributed by atoms with Crippen LogP contribution in [0.5, 0.6) is 0 Å². The van der Waals surface area contributed by atoms with E-state index in [1.54, 1.807) is 6.20 Å². The summed E-state index contributed by atoms with van der Waals surface area (Å²) in [5.41, 5.74) is 8.35. The van der Waals surface area contributed by atoms with Gasteiger partial charge < -0.3 is 5.73 Å². The number of aryl methyl sites for hydroxylation is 1. The van der Waals surface area contributed by atoms with E-state index in [1.165, 1.54) is 11.3 Å². The monoisotopic (exact) mass is 231 g/mol. The lowest BCUT2D eigenvalue weighted by Crippen LogP contribution is -1.91. The minimum absolute atomic E-state index is 0.563. The average molecular weight is 231 g/mol. The zero-order valence-electron chi connectivity index (χ0n) is 8.58. The number of rotatable bonds is 1. The van der Waals surface area contributed by atoms with Crippen molar-refractivity contribution in [3.8, 4) is 11.4 Å². The lowest BCUT2D eigenvalue weighted by Gasteiger charge is -1.97. The van der Waals surface area contributed by atoms with Crippen molar-refractivity contribution in [3.05, 3.63) is 29.5 Å². The summed E-state index contributed by atoms with van der Waals surface area (Å²) < 4.78 is 1.92. The lowest BCUT2D eigenvalue weighted by atomic mass is 10.3. The van der Waals surface area contributed by atoms with E-state index in [0.29, 0.717) is 10.9 Å². The normalized spacial score (nSPS) is 11.1. The van der Waals surface area contributed by atoms with Crippen LogP contribution in [-0.4, -0.2) is 19.4 Å². The molecule has 0 radical (unpaired) electrons. The number of hydrogen-bond acceptors (Lipinski definition) is 5. The van der Waals surface area contributed by atoms with E-state index in [2.05, 4.69) is 15.0 Å². The molecule has 3 rings (SSSR count). The number of fused-ring (bicyclic) bond motifs is 1. The highest BCUT2D eigenvalue weighted by Gasteiger charge is 2.13. The van der Waals surface area contributed by atoms with Gasteiger partial charge in [-0.1, -0.05) is 0 Å². The predicted octanol–water partition coefficient (Wildman–Crippen LogP) is 1.74. The third-order valence-corrected chi connectivity index (χ3v) is 3.02. The van der Waals surface area contributed by atoms with Crippen molar-refractivity contribution < 1.29 is 0 Å². The SMILES string of the molecule is Cc1nc2ncccn2c1-c1csc(N)n1. The van der Waals surface area contributed by atoms with Gasteiger partial charge >= 0.3 is 0 Å². The summed E-state index contributed by atoms with van der Waals surface area (Å²) >= 11 is 1.43. The Morgan fingerprint density at radius 2 is 2.25 bits per heavy atom. The minimum Gasteiger partial charge on any atom is -0.375 e. The van der Waals surface area contributed by atoms with Gasteiger partial charge in [0.1, 0.15) is 5.69 Å². The molecule has 0 bridgehead atoms. The first-order valence-corrected chi connectivity index (χ1v) is 5.65. The number of nitrogen functional groups attached to an aromatic ring is 1. The molecule has 0 aliphatic rings. The van der Waals surface area contributed by atoms with Crippen LogP contribution < -0.4 is 5.73 Å². The molecule has 3 heterocycles. The second-order valence-corrected chi connectivity index (χ2v) is 4.30. The number of nitrogens with two attached hydrogens (primary N) is 1. The van der Waals surface area contributed by atoms with Gasteiger partial charge in [0, 0.05) is 17.8 Å². The van der Waals surface area contributed by atoms with E-state index in [9.17, 15) is 0 Å². The Hall–Kier alpha value is -1.95. The topological polar surface area (TPSA) is 69.1 Å². The van der Waals surface area contributed by atoms with Crippen LogP contribution in [0.2, 0.25) is 0 Å². The molecule has 0 saturated carbocycles. The summed E-state index contributed by atoms with van der Waals surface area (Å²) in [7, 11) is 0. The molecule has 6 heteroatoms. The molecule has 0 unspecified atom stereocenters. The Morgan fingerprint density at radius 1 is 1.38 bits per heavy atom. The van der Waals surface area contributed by atoms with Crippen molar-refractivity contribution in [3.63, 3.8) is 0 Å². The van der Waals surface area contributed by atoms with Crippen LogP contribution in [0, 0.1) is 6.92 Å². The molecule has 80 valence electrons. The van der Waals surface area contributed by atoms with E-state index in [-0.39, 0.29) is 0 Å². The van der Waals surface area contributed by atoms with Crippen molar-refractivity contribution >= 4 is 22.2 Å². The van der Waals surface area contributed by atoms with Gasteiger partial charge in [-0.2, -0.15) is 0 Å². The summed E-state index contributed by atoms with van der Waals surface area (Å²) in [6.45, 7) is 1.94. The molecule has 3 aromatic heterocycles. The van der Waals surface area contributed by atoms with Gasteiger partial charge in [0.15, 0.2) is 5.13 Å². The third kappa shape index (κ3) is 1.27. The largest absolute Gasteiger partial charge is 0.375 e. The summed E-state index contributed by atoms with van der Waals surface area (Å²) in [4.78, 5) is 12.8. The first-order valence-electron chi connectivity index (χ1n) is 4.77. The number of nitrogens with zero attached hydrogens (tertiary/aromatic N) is 4. The highest BCUT2D eigenvalue weighted by atomic mass is 32.1. The summed E-state index contributed by atoms with van der Waals surface area (Å²) in [6.07, 6.45) is 3.65. The van der Waals surface area contributed by atoms with Crippen LogP contribution in [0.1, 0.15) is 5.69 Å². The number of imidazole rings is 1. The van der Waals surface area contributed by atoms with Crippen molar-refractivity contribution in [2.75, 3.05) is 5.73 Å². The summed E-state index contributed by atoms with van der Waals surface area (Å²) in [5.74, 6) is 0.682. The van der Waals surface area contributed by atoms with Gasteiger partial charge in [0.2, 0.25) is 5.78 Å². The van der Waals surface area contributed by atoms with E-state index < -0.39 is 0 Å². The maximum atomic E-state index is 5.64. The fourth-order valence-electron chi connectivity index (χ4n) is 1.70. The van der Waals surface area contributed by atoms with Crippen molar-refractivity contribution in [2.45, 2.75) is 6.92 Å². The predicted molar refractivity (Wildman–Crippen MR) is 63.2 cm³/mol. The van der Waals surface area contributed by atoms with E-state index in [0.717, 1.165) is 17.1 Å². The maximum Gasteiger partial charge on any atom is 0.234 e. The first-order chi connectivity index (χ1) is 7.75. The van der Waals surface area contributed by atoms with Crippen LogP contribution in [0.3, 0.4) is 0 Å². The molecule has 2 N–H and O–H groups in total. The highest BCUT2D eigenvalue weighted by molar-refractivity contribution is 7.13. The number of thiazole rings is 1. The maximum absolute atomic E-state index is 5.64. The van der Waals surface area contributed by atoms with Gasteiger partial charge in [-0.05, 0) is 13.0 Å². The van der Waals surface area contributed by atoms with E-state index in [4.69, 9.17) is 5.73 Å². The van der Waals surface area contributed by atoms with Crippen LogP contribution in [0.4, 0.5) is 5.13 Å². The summed E-state index contributed by atoms with van der Waals surface area (Å²) in [6, 6.07) is 1.87. The molecule has 0 amide bonds. The molecule has 0 aromatic carbocycles. The molecule has 0 fully saturated rings. The van der Waals surface area contributed by atoms with Crippen LogP contribution in [-0.2, 0) is 0 Å². The Balaban J connectivity index is 2.34. The minimum atomic E-state index is 0.563. The highest BCUT2D eigenvalue weighted by Crippen LogP contribution is 2.26. The van der Waals surface area contributed by atoms with Crippen LogP contribution >= 0.6 is 11.3 Å². The second-order valence-electron chi connectivity index (χ2n) is 3.41. The van der Waals surface area contributed by atoms with Gasteiger partial charge in [0.25, 0.3) is 0 Å². The molecule has 0 atom stereocenters. The summed E-state index contributed by atoms with van der Waals surface area (Å²) in [5, 5.41) is 2.49. The van der Waals surface area contributed by atoms with Gasteiger partial charge in [0.05, 0.1) is 11.4 Å². The van der Waals surface area contributed by atoms with Crippen LogP contribution in [0.25, 0.3) is 17.2 Å². The molecule has 0 spiro atoms. The van der Waals surface area contributed by atoms with Crippen LogP contribution in [0.15, 0.2) is 23.8 Å². The standard InChI is InChI=1S/C10H9N5S/c1-6-8(7-5-16-9(11)14-7)15-4-2-3-12-10(15)13-6/h2-5H,1H3,(H2,11,14). The van der Waals surface area contributed by atoms with Gasteiger partial charge in [-0.15, -0.1) is 11.3 Å². The fourth-order valence-corrected chi connectivity index (χ4v) is 2.25. The molecular formula is C10H9N5S. The molecular weight excluding hydrogens is 222 g/mol. The Morgan fingerprint density at radius 3 is 3.00 bits per heavy atom. The quantitative estimate of drug-likeness (QED) is 0.692. The Bertz CT molecular complexity index is 654. The fraction of sp³-hybridized carbons (Fsp3) is 0.100. The van der Waals surface area contributed by atoms with Gasteiger partial charge in [-0.25, -0.2) is 15.0 Å². The number of anilines is 1. The van der Waals surface area contributed by atoms with Gasteiger partial charge in [-0.3, -0.25) is 4.40 Å². The molecule has 16 heavy (non-hydrogen) atoms. The average Bonchev–Trinajstić information content (AvgIpc) is 2.80. The zero-order chi connectivity index (χ0) is 11.1. The number of hydrogen-bond donors (Lipinski definition) is 1. The first kappa shape index (κ1) is 9.29. The molecule has 0 aliphatic heterocycles. The second kappa shape index (κ2) is 3.28. The Kier molecular flexibility index (Phi) is 1.90. The molecule has 0 saturated heterocycles. The molecule has 0 aliphatic carbocycles. The smallest absolute Gasteiger partial charge is 0.234 e. The third-order valence-electron chi connectivity index (χ3n) is 2.34. The van der Waals surface area contributed by atoms with Crippen molar-refractivity contribution in [2.24, 2.45) is 0 Å². The van der Waals surface area contributed by atoms with E-state index in [1.807, 2.05) is 29.0 Å². The lowest BCUT2D eigenvalue weighted by molar-refractivity contribution is 1.11. The Labute approximate surface area is 95.6 Å². The van der Waals surface area contributed by atoms with Crippen molar-refractivity contribution in [1.29, 1.82) is 0 Å². The molecule has 5 nitrogen and oxygen atoms in total.